The van der Waals surface area contributed by atoms with Gasteiger partial charge in [-0.15, -0.1) is 0 Å². The van der Waals surface area contributed by atoms with Crippen LogP contribution in [-0.4, -0.2) is 83.9 Å². The van der Waals surface area contributed by atoms with E-state index >= 15 is 0 Å². The summed E-state index contributed by atoms with van der Waals surface area (Å²) in [7, 11) is 0. The largest absolute Gasteiger partial charge is 0.341 e. The van der Waals surface area contributed by atoms with Gasteiger partial charge in [0.1, 0.15) is 5.82 Å². The highest BCUT2D eigenvalue weighted by Crippen LogP contribution is 2.26. The van der Waals surface area contributed by atoms with E-state index in [0.29, 0.717) is 33.7 Å². The van der Waals surface area contributed by atoms with Crippen LogP contribution < -0.4 is 5.32 Å². The minimum atomic E-state index is -0.310. The second-order valence-electron chi connectivity index (χ2n) is 8.98. The van der Waals surface area contributed by atoms with Crippen LogP contribution >= 0.6 is 11.3 Å². The molecule has 1 aromatic carbocycles. The van der Waals surface area contributed by atoms with Gasteiger partial charge in [-0.1, -0.05) is 25.2 Å². The summed E-state index contributed by atoms with van der Waals surface area (Å²) in [6.07, 6.45) is 1.19. The lowest BCUT2D eigenvalue weighted by molar-refractivity contribution is -0.135. The average molecular weight is 448 g/mol. The molecule has 31 heavy (non-hydrogen) atoms. The van der Waals surface area contributed by atoms with Gasteiger partial charge in [0.05, 0.1) is 23.3 Å². The number of aromatic nitrogens is 1. The Balaban J connectivity index is 1.21. The molecule has 0 saturated carbocycles. The van der Waals surface area contributed by atoms with Gasteiger partial charge < -0.3 is 10.2 Å². The van der Waals surface area contributed by atoms with Crippen LogP contribution in [0.1, 0.15) is 20.3 Å². The fraction of sp³-hybridized carbons (Fsp3) is 0.591. The highest BCUT2D eigenvalue weighted by atomic mass is 32.1. The lowest BCUT2D eigenvalue weighted by Gasteiger charge is -2.38. The summed E-state index contributed by atoms with van der Waals surface area (Å²) < 4.78 is 14.0. The molecule has 2 aliphatic heterocycles. The van der Waals surface area contributed by atoms with E-state index in [1.165, 1.54) is 29.9 Å². The maximum Gasteiger partial charge on any atom is 0.240 e. The van der Waals surface area contributed by atoms with E-state index in [-0.39, 0.29) is 24.2 Å². The zero-order valence-corrected chi connectivity index (χ0v) is 19.0. The van der Waals surface area contributed by atoms with Gasteiger partial charge in [0.2, 0.25) is 11.8 Å². The number of rotatable bonds is 5. The Morgan fingerprint density at radius 3 is 2.42 bits per heavy atom. The number of carbonyl (C=O) groups excluding carboxylic acids is 2. The van der Waals surface area contributed by atoms with Crippen molar-refractivity contribution in [2.24, 2.45) is 11.8 Å². The summed E-state index contributed by atoms with van der Waals surface area (Å²) in [4.78, 5) is 35.7. The van der Waals surface area contributed by atoms with Gasteiger partial charge in [-0.25, -0.2) is 9.37 Å². The van der Waals surface area contributed by atoms with Crippen molar-refractivity contribution in [2.45, 2.75) is 20.3 Å². The van der Waals surface area contributed by atoms with Crippen molar-refractivity contribution < 1.29 is 14.0 Å². The standard InChI is InChI=1S/C22H30FN5O2S/c1-15-9-16(2)12-28(11-15)21(30)14-27-7-5-26(6-8-27)13-20(29)25-22-24-18-4-3-17(23)10-19(18)31-22/h3-4,10,15-16H,5-9,11-14H2,1-2H3,(H,24,25,29). The molecule has 2 saturated heterocycles. The van der Waals surface area contributed by atoms with Crippen LogP contribution in [0, 0.1) is 17.7 Å². The number of nitrogens with one attached hydrogen (secondary N) is 1. The zero-order chi connectivity index (χ0) is 22.0. The van der Waals surface area contributed by atoms with Crippen molar-refractivity contribution in [1.29, 1.82) is 0 Å². The molecule has 0 aliphatic carbocycles. The van der Waals surface area contributed by atoms with Gasteiger partial charge in [-0.05, 0) is 36.5 Å². The second kappa shape index (κ2) is 9.58. The third-order valence-electron chi connectivity index (χ3n) is 6.01. The van der Waals surface area contributed by atoms with Crippen LogP contribution in [0.15, 0.2) is 18.2 Å². The first-order chi connectivity index (χ1) is 14.9. The van der Waals surface area contributed by atoms with Gasteiger partial charge in [0.25, 0.3) is 0 Å². The van der Waals surface area contributed by atoms with E-state index in [0.717, 1.165) is 39.3 Å². The number of halogens is 1. The van der Waals surface area contributed by atoms with E-state index < -0.39 is 0 Å². The number of likely N-dealkylation sites (tertiary alicyclic amines) is 1. The zero-order valence-electron chi connectivity index (χ0n) is 18.1. The van der Waals surface area contributed by atoms with Gasteiger partial charge >= 0.3 is 0 Å². The normalized spacial score (nSPS) is 23.3. The molecule has 2 aliphatic rings. The SMILES string of the molecule is CC1CC(C)CN(C(=O)CN2CCN(CC(=O)Nc3nc4ccc(F)cc4s3)CC2)C1. The summed E-state index contributed by atoms with van der Waals surface area (Å²) in [5.41, 5.74) is 0.678. The third-order valence-corrected chi connectivity index (χ3v) is 6.94. The predicted octanol–water partition coefficient (Wildman–Crippen LogP) is 2.50. The number of anilines is 1. The number of nitrogens with zero attached hydrogens (tertiary/aromatic N) is 4. The number of thiazole rings is 1. The second-order valence-corrected chi connectivity index (χ2v) is 10.0. The molecule has 0 spiro atoms. The van der Waals surface area contributed by atoms with Crippen molar-refractivity contribution in [3.8, 4) is 0 Å². The van der Waals surface area contributed by atoms with Gasteiger partial charge in [-0.3, -0.25) is 19.4 Å². The van der Waals surface area contributed by atoms with Crippen molar-refractivity contribution in [3.63, 3.8) is 0 Å². The average Bonchev–Trinajstić information content (AvgIpc) is 3.09. The van der Waals surface area contributed by atoms with Gasteiger partial charge in [0, 0.05) is 39.3 Å². The number of piperidine rings is 1. The summed E-state index contributed by atoms with van der Waals surface area (Å²) in [6.45, 7) is 9.95. The Hall–Kier alpha value is -2.10. The number of fused-ring (bicyclic) bond motifs is 1. The lowest BCUT2D eigenvalue weighted by atomic mass is 9.92. The number of piperazine rings is 1. The van der Waals surface area contributed by atoms with Crippen LogP contribution in [0.5, 0.6) is 0 Å². The molecule has 0 bridgehead atoms. The summed E-state index contributed by atoms with van der Waals surface area (Å²) in [6, 6.07) is 4.40. The van der Waals surface area contributed by atoms with E-state index in [9.17, 15) is 14.0 Å². The number of hydrogen-bond donors (Lipinski definition) is 1. The summed E-state index contributed by atoms with van der Waals surface area (Å²) in [5, 5.41) is 3.31. The van der Waals surface area contributed by atoms with Crippen LogP contribution in [0.4, 0.5) is 9.52 Å². The van der Waals surface area contributed by atoms with Crippen LogP contribution in [0.2, 0.25) is 0 Å². The Bertz CT molecular complexity index is 933. The molecule has 3 heterocycles. The molecule has 2 fully saturated rings. The topological polar surface area (TPSA) is 68.8 Å². The molecule has 9 heteroatoms. The van der Waals surface area contributed by atoms with Gasteiger partial charge in [-0.2, -0.15) is 0 Å². The predicted molar refractivity (Wildman–Crippen MR) is 121 cm³/mol. The molecular weight excluding hydrogens is 417 g/mol. The maximum atomic E-state index is 13.3. The Morgan fingerprint density at radius 2 is 1.74 bits per heavy atom. The number of carbonyl (C=O) groups is 2. The van der Waals surface area contributed by atoms with E-state index in [4.69, 9.17) is 0 Å². The summed E-state index contributed by atoms with van der Waals surface area (Å²) >= 11 is 1.27. The molecule has 1 N–H and O–H groups in total. The molecule has 4 rings (SSSR count). The third kappa shape index (κ3) is 5.78. The molecule has 7 nitrogen and oxygen atoms in total. The van der Waals surface area contributed by atoms with Crippen LogP contribution in [-0.2, 0) is 9.59 Å². The quantitative estimate of drug-likeness (QED) is 0.763. The molecule has 168 valence electrons. The molecule has 2 amide bonds. The first-order valence-electron chi connectivity index (χ1n) is 10.9. The Labute approximate surface area is 186 Å². The minimum Gasteiger partial charge on any atom is -0.341 e. The Morgan fingerprint density at radius 1 is 1.10 bits per heavy atom. The molecule has 1 aromatic heterocycles. The molecule has 2 unspecified atom stereocenters. The van der Waals surface area contributed by atoms with E-state index in [1.807, 2.05) is 4.90 Å². The van der Waals surface area contributed by atoms with E-state index in [2.05, 4.69) is 33.9 Å². The van der Waals surface area contributed by atoms with Gasteiger partial charge in [0.15, 0.2) is 5.13 Å². The number of amides is 2. The first-order valence-corrected chi connectivity index (χ1v) is 11.8. The number of hydrogen-bond acceptors (Lipinski definition) is 6. The van der Waals surface area contributed by atoms with Crippen molar-refractivity contribution >= 4 is 38.5 Å². The fourth-order valence-electron chi connectivity index (χ4n) is 4.58. The van der Waals surface area contributed by atoms with Crippen molar-refractivity contribution in [1.82, 2.24) is 19.7 Å². The van der Waals surface area contributed by atoms with Crippen molar-refractivity contribution in [3.05, 3.63) is 24.0 Å². The molecule has 2 atom stereocenters. The Kier molecular flexibility index (Phi) is 6.83. The van der Waals surface area contributed by atoms with Crippen LogP contribution in [0.3, 0.4) is 0 Å². The maximum absolute atomic E-state index is 13.3. The monoisotopic (exact) mass is 447 g/mol. The first kappa shape index (κ1) is 22.1. The highest BCUT2D eigenvalue weighted by molar-refractivity contribution is 7.22. The molecule has 2 aromatic rings. The fourth-order valence-corrected chi connectivity index (χ4v) is 5.48. The highest BCUT2D eigenvalue weighted by Gasteiger charge is 2.27. The van der Waals surface area contributed by atoms with Crippen LogP contribution in [0.25, 0.3) is 10.2 Å². The number of benzene rings is 1. The lowest BCUT2D eigenvalue weighted by Crippen LogP contribution is -2.52. The van der Waals surface area contributed by atoms with E-state index in [1.54, 1.807) is 6.07 Å². The smallest absolute Gasteiger partial charge is 0.240 e. The minimum absolute atomic E-state index is 0.125. The molecule has 0 radical (unpaired) electrons. The molecular formula is C22H30FN5O2S. The van der Waals surface area contributed by atoms with Crippen molar-refractivity contribution in [2.75, 3.05) is 57.7 Å². The summed E-state index contributed by atoms with van der Waals surface area (Å²) in [5.74, 6) is 0.918.